The quantitative estimate of drug-likeness (QED) is 0.0794. The molecule has 0 aliphatic heterocycles. The second-order valence-electron chi connectivity index (χ2n) is 9.42. The van der Waals surface area contributed by atoms with E-state index in [0.717, 1.165) is 42.4 Å². The molecule has 1 unspecified atom stereocenters. The molecule has 0 aliphatic carbocycles. The van der Waals surface area contributed by atoms with Gasteiger partial charge in [-0.2, -0.15) is 4.72 Å². The number of rotatable bonds is 18. The van der Waals surface area contributed by atoms with Gasteiger partial charge in [-0.3, -0.25) is 15.0 Å². The van der Waals surface area contributed by atoms with Gasteiger partial charge >= 0.3 is 5.97 Å². The van der Waals surface area contributed by atoms with Crippen LogP contribution in [0.5, 0.6) is 5.75 Å². The average Bonchev–Trinajstić information content (AvgIpc) is 2.86. The Labute approximate surface area is 231 Å². The van der Waals surface area contributed by atoms with Gasteiger partial charge in [0.2, 0.25) is 16.0 Å². The van der Waals surface area contributed by atoms with Crippen molar-refractivity contribution >= 4 is 22.0 Å². The highest BCUT2D eigenvalue weighted by atomic mass is 32.2. The molecule has 11 heteroatoms. The van der Waals surface area contributed by atoms with Gasteiger partial charge in [-0.15, -0.1) is 0 Å². The van der Waals surface area contributed by atoms with Crippen molar-refractivity contribution in [1.29, 1.82) is 5.41 Å². The van der Waals surface area contributed by atoms with E-state index in [0.29, 0.717) is 43.8 Å². The molecule has 0 radical (unpaired) electrons. The molecule has 0 heterocycles. The fourth-order valence-corrected chi connectivity index (χ4v) is 6.04. The number of ether oxygens (including phenoxy) is 1. The molecule has 0 bridgehead atoms. The molecule has 0 spiro atoms. The first-order valence-corrected chi connectivity index (χ1v) is 14.9. The molecule has 0 fully saturated rings. The maximum absolute atomic E-state index is 13.7. The van der Waals surface area contributed by atoms with Gasteiger partial charge < -0.3 is 15.6 Å². The van der Waals surface area contributed by atoms with Crippen LogP contribution < -0.4 is 20.7 Å². The van der Waals surface area contributed by atoms with Crippen LogP contribution in [0.1, 0.15) is 68.7 Å². The van der Waals surface area contributed by atoms with Gasteiger partial charge in [0, 0.05) is 6.42 Å². The molecule has 39 heavy (non-hydrogen) atoms. The van der Waals surface area contributed by atoms with E-state index < -0.39 is 22.0 Å². The third-order valence-electron chi connectivity index (χ3n) is 5.95. The number of aliphatic carboxylic acids is 1. The zero-order valence-electron chi connectivity index (χ0n) is 23.1. The summed E-state index contributed by atoms with van der Waals surface area (Å²) in [6.07, 6.45) is 5.13. The van der Waals surface area contributed by atoms with E-state index in [2.05, 4.69) is 17.1 Å². The van der Waals surface area contributed by atoms with Crippen LogP contribution in [0.15, 0.2) is 41.3 Å². The highest BCUT2D eigenvalue weighted by Gasteiger charge is 2.29. The van der Waals surface area contributed by atoms with Crippen molar-refractivity contribution in [3.63, 3.8) is 0 Å². The number of aryl methyl sites for hydroxylation is 3. The molecule has 10 nitrogen and oxygen atoms in total. The summed E-state index contributed by atoms with van der Waals surface area (Å²) in [6, 6.07) is 9.45. The molecular weight excluding hydrogens is 520 g/mol. The normalized spacial score (nSPS) is 12.2. The first-order chi connectivity index (χ1) is 18.6. The van der Waals surface area contributed by atoms with Crippen LogP contribution in [0.3, 0.4) is 0 Å². The van der Waals surface area contributed by atoms with E-state index in [1.54, 1.807) is 24.3 Å². The minimum absolute atomic E-state index is 0.0143. The molecule has 2 rings (SSSR count). The minimum atomic E-state index is -4.09. The van der Waals surface area contributed by atoms with E-state index in [9.17, 15) is 18.3 Å². The van der Waals surface area contributed by atoms with Gasteiger partial charge in [0.25, 0.3) is 0 Å². The van der Waals surface area contributed by atoms with Crippen molar-refractivity contribution < 1.29 is 27.9 Å². The van der Waals surface area contributed by atoms with E-state index in [1.807, 2.05) is 26.0 Å². The van der Waals surface area contributed by atoms with Crippen molar-refractivity contribution in [1.82, 2.24) is 10.2 Å². The van der Waals surface area contributed by atoms with Crippen LogP contribution in [0.4, 0.5) is 0 Å². The van der Waals surface area contributed by atoms with Crippen molar-refractivity contribution in [3.05, 3.63) is 58.7 Å². The topological polar surface area (TPSA) is 164 Å². The number of hydrogen-bond donors (Lipinski definition) is 5. The van der Waals surface area contributed by atoms with Gasteiger partial charge in [-0.25, -0.2) is 13.9 Å². The third-order valence-corrected chi connectivity index (χ3v) is 7.61. The van der Waals surface area contributed by atoms with Crippen LogP contribution in [0.2, 0.25) is 0 Å². The molecule has 0 amide bonds. The van der Waals surface area contributed by atoms with Crippen LogP contribution in [-0.4, -0.2) is 44.7 Å². The van der Waals surface area contributed by atoms with Gasteiger partial charge in [0.15, 0.2) is 0 Å². The van der Waals surface area contributed by atoms with E-state index in [-0.39, 0.29) is 17.3 Å². The molecule has 0 aromatic heterocycles. The van der Waals surface area contributed by atoms with Crippen LogP contribution in [0.25, 0.3) is 0 Å². The molecular formula is C28H42N4O6S. The van der Waals surface area contributed by atoms with Crippen molar-refractivity contribution in [2.24, 2.45) is 5.73 Å². The Morgan fingerprint density at radius 1 is 0.974 bits per heavy atom. The lowest BCUT2D eigenvalue weighted by molar-refractivity contribution is -0.138. The monoisotopic (exact) mass is 562 g/mol. The summed E-state index contributed by atoms with van der Waals surface area (Å²) in [7, 11) is -4.09. The number of benzene rings is 2. The summed E-state index contributed by atoms with van der Waals surface area (Å²) in [5, 5.41) is 16.9. The first-order valence-electron chi connectivity index (χ1n) is 13.4. The predicted molar refractivity (Wildman–Crippen MR) is 151 cm³/mol. The molecule has 2 aromatic carbocycles. The van der Waals surface area contributed by atoms with Crippen LogP contribution in [-0.2, 0) is 45.3 Å². The number of sulfonamides is 1. The second kappa shape index (κ2) is 16.1. The number of carboxylic acids is 1. The van der Waals surface area contributed by atoms with Gasteiger partial charge in [0.1, 0.15) is 11.8 Å². The number of hydrogen-bond acceptors (Lipinski definition) is 6. The minimum Gasteiger partial charge on any atom is -0.494 e. The SMILES string of the molecule is CCCc1cc(CCC)c(S(=O)(=O)NC(Cc2ccc(OCCCONC(=N)N)cc2)C(=O)O)c(CCC)c1. The Hall–Kier alpha value is -3.15. The maximum Gasteiger partial charge on any atom is 0.322 e. The Bertz CT molecular complexity index is 1160. The van der Waals surface area contributed by atoms with Crippen molar-refractivity contribution in [3.8, 4) is 5.75 Å². The highest BCUT2D eigenvalue weighted by Crippen LogP contribution is 2.27. The Kier molecular flexibility index (Phi) is 13.2. The summed E-state index contributed by atoms with van der Waals surface area (Å²) >= 11 is 0. The van der Waals surface area contributed by atoms with Crippen molar-refractivity contribution in [2.45, 2.75) is 83.1 Å². The van der Waals surface area contributed by atoms with Crippen LogP contribution in [0, 0.1) is 5.41 Å². The molecule has 2 aromatic rings. The van der Waals surface area contributed by atoms with E-state index in [4.69, 9.17) is 20.7 Å². The summed E-state index contributed by atoms with van der Waals surface area (Å²) in [4.78, 5) is 17.3. The van der Waals surface area contributed by atoms with Crippen molar-refractivity contribution in [2.75, 3.05) is 13.2 Å². The zero-order valence-corrected chi connectivity index (χ0v) is 23.9. The Morgan fingerprint density at radius 3 is 2.08 bits per heavy atom. The predicted octanol–water partition coefficient (Wildman–Crippen LogP) is 3.70. The smallest absolute Gasteiger partial charge is 0.322 e. The number of nitrogens with one attached hydrogen (secondary N) is 3. The standard InChI is InChI=1S/C28H42N4O6S/c1-4-8-21-17-22(9-5-2)26(23(18-21)10-6-3)39(35,36)32-25(27(33)34)19-20-11-13-24(14-12-20)37-15-7-16-38-31-28(29)30/h11-14,17-18,25,32H,4-10,15-16,19H2,1-3H3,(H,33,34)(H4,29,30,31). The lowest BCUT2D eigenvalue weighted by atomic mass is 9.97. The Balaban J connectivity index is 2.16. The second-order valence-corrected chi connectivity index (χ2v) is 11.1. The lowest BCUT2D eigenvalue weighted by Crippen LogP contribution is -2.42. The van der Waals surface area contributed by atoms with Gasteiger partial charge in [-0.05, 0) is 60.1 Å². The van der Waals surface area contributed by atoms with E-state index in [1.165, 1.54) is 0 Å². The zero-order chi connectivity index (χ0) is 28.8. The number of guanidine groups is 1. The summed E-state index contributed by atoms with van der Waals surface area (Å²) < 4.78 is 35.4. The fraction of sp³-hybridized carbons (Fsp3) is 0.500. The number of carboxylic acid groups (broad SMARTS) is 1. The van der Waals surface area contributed by atoms with Gasteiger partial charge in [-0.1, -0.05) is 64.3 Å². The summed E-state index contributed by atoms with van der Waals surface area (Å²) in [5.74, 6) is -0.929. The molecule has 0 aliphatic rings. The largest absolute Gasteiger partial charge is 0.494 e. The average molecular weight is 563 g/mol. The third kappa shape index (κ3) is 10.5. The van der Waals surface area contributed by atoms with Crippen LogP contribution >= 0.6 is 0 Å². The number of nitrogens with two attached hydrogens (primary N) is 1. The summed E-state index contributed by atoms with van der Waals surface area (Å²) in [5.41, 5.74) is 10.6. The Morgan fingerprint density at radius 2 is 1.56 bits per heavy atom. The number of carbonyl (C=O) groups is 1. The maximum atomic E-state index is 13.7. The fourth-order valence-electron chi connectivity index (χ4n) is 4.35. The molecule has 1 atom stereocenters. The first kappa shape index (κ1) is 32.1. The number of hydroxylamine groups is 1. The molecule has 6 N–H and O–H groups in total. The molecule has 216 valence electrons. The van der Waals surface area contributed by atoms with Gasteiger partial charge in [0.05, 0.1) is 18.1 Å². The highest BCUT2D eigenvalue weighted by molar-refractivity contribution is 7.89. The molecule has 0 saturated heterocycles. The van der Waals surface area contributed by atoms with E-state index >= 15 is 0 Å². The lowest BCUT2D eigenvalue weighted by Gasteiger charge is -2.20. The summed E-state index contributed by atoms with van der Waals surface area (Å²) in [6.45, 7) is 6.77. The molecule has 0 saturated carbocycles.